The number of aliphatic hydroxyl groups is 1. The van der Waals surface area contributed by atoms with Crippen LogP contribution in [0.3, 0.4) is 0 Å². The quantitative estimate of drug-likeness (QED) is 0.413. The standard InChI is InChI=1S/C32H41ClN2O5S/c1-20-5-3-7-29(36)26-11-8-24(26)17-35-18-32(14-4-6-22-15-25(33)10-12-27(22)32)19-40-30-13-9-23(16-28(30)35)31(37)34-41(38,39)21(20)2/h9-10,12-13,15-16,20-21,24,26,31,34,37H,3-8,11,14,17-19H2,1-2H3/t20-,21+,24-,26+,31?,32-/m0/s1. The molecule has 0 amide bonds. The Bertz CT molecular complexity index is 1430. The molecule has 41 heavy (non-hydrogen) atoms. The lowest BCUT2D eigenvalue weighted by Gasteiger charge is -2.44. The second-order valence-corrected chi connectivity index (χ2v) is 15.4. The van der Waals surface area contributed by atoms with E-state index < -0.39 is 21.5 Å². The van der Waals surface area contributed by atoms with Gasteiger partial charge in [0.25, 0.3) is 0 Å². The first-order valence-electron chi connectivity index (χ1n) is 15.1. The van der Waals surface area contributed by atoms with Gasteiger partial charge in [-0.25, -0.2) is 8.42 Å². The molecule has 7 nitrogen and oxygen atoms in total. The molecule has 2 N–H and O–H groups in total. The summed E-state index contributed by atoms with van der Waals surface area (Å²) in [7, 11) is -3.80. The smallest absolute Gasteiger partial charge is 0.216 e. The average Bonchev–Trinajstić information content (AvgIpc) is 3.06. The number of hydrogen-bond donors (Lipinski definition) is 2. The third kappa shape index (κ3) is 5.53. The van der Waals surface area contributed by atoms with Crippen LogP contribution in [0.25, 0.3) is 0 Å². The Kier molecular flexibility index (Phi) is 7.90. The largest absolute Gasteiger partial charge is 0.490 e. The van der Waals surface area contributed by atoms with Crippen LogP contribution in [-0.4, -0.2) is 44.3 Å². The first-order valence-corrected chi connectivity index (χ1v) is 17.0. The van der Waals surface area contributed by atoms with Crippen molar-refractivity contribution in [1.82, 2.24) is 4.72 Å². The van der Waals surface area contributed by atoms with Crippen LogP contribution < -0.4 is 14.4 Å². The highest BCUT2D eigenvalue weighted by atomic mass is 35.5. The minimum atomic E-state index is -3.80. The number of aryl methyl sites for hydroxylation is 1. The molecule has 2 aromatic rings. The molecular weight excluding hydrogens is 560 g/mol. The summed E-state index contributed by atoms with van der Waals surface area (Å²) in [5.41, 5.74) is 3.60. The number of anilines is 1. The molecule has 1 unspecified atom stereocenters. The topological polar surface area (TPSA) is 95.9 Å². The molecule has 4 aliphatic rings. The van der Waals surface area contributed by atoms with Gasteiger partial charge < -0.3 is 14.7 Å². The van der Waals surface area contributed by atoms with Crippen molar-refractivity contribution in [3.63, 3.8) is 0 Å². The van der Waals surface area contributed by atoms with Gasteiger partial charge in [0.2, 0.25) is 10.0 Å². The number of ether oxygens (including phenoxy) is 1. The highest BCUT2D eigenvalue weighted by molar-refractivity contribution is 7.90. The van der Waals surface area contributed by atoms with E-state index in [0.29, 0.717) is 49.5 Å². The maximum Gasteiger partial charge on any atom is 0.216 e. The molecule has 1 fully saturated rings. The summed E-state index contributed by atoms with van der Waals surface area (Å²) >= 11 is 6.38. The summed E-state index contributed by atoms with van der Waals surface area (Å²) in [5.74, 6) is 1.17. The van der Waals surface area contributed by atoms with Gasteiger partial charge in [0.05, 0.1) is 17.5 Å². The maximum absolute atomic E-state index is 13.3. The molecule has 222 valence electrons. The fourth-order valence-corrected chi connectivity index (χ4v) is 9.06. The van der Waals surface area contributed by atoms with Crippen molar-refractivity contribution < 1.29 is 23.1 Å². The number of benzene rings is 2. The highest BCUT2D eigenvalue weighted by Crippen LogP contribution is 2.47. The second-order valence-electron chi connectivity index (χ2n) is 12.9. The van der Waals surface area contributed by atoms with Gasteiger partial charge in [-0.2, -0.15) is 4.72 Å². The molecule has 2 heterocycles. The highest BCUT2D eigenvalue weighted by Gasteiger charge is 2.44. The number of carbonyl (C=O) groups excluding carboxylic acids is 1. The van der Waals surface area contributed by atoms with Crippen molar-refractivity contribution in [1.29, 1.82) is 0 Å². The molecule has 2 aliphatic heterocycles. The average molecular weight is 601 g/mol. The summed E-state index contributed by atoms with van der Waals surface area (Å²) in [6.07, 6.45) is 5.35. The van der Waals surface area contributed by atoms with Gasteiger partial charge in [0.15, 0.2) is 0 Å². The molecule has 6 rings (SSSR count). The van der Waals surface area contributed by atoms with Crippen molar-refractivity contribution in [2.45, 2.75) is 82.1 Å². The number of hydrogen-bond acceptors (Lipinski definition) is 6. The van der Waals surface area contributed by atoms with E-state index in [1.165, 1.54) is 11.1 Å². The molecule has 0 aromatic heterocycles. The van der Waals surface area contributed by atoms with Crippen molar-refractivity contribution in [3.05, 3.63) is 58.1 Å². The number of nitrogens with one attached hydrogen (secondary N) is 1. The Hall–Kier alpha value is -2.13. The molecule has 6 atom stereocenters. The number of rotatable bonds is 0. The van der Waals surface area contributed by atoms with Gasteiger partial charge in [0, 0.05) is 35.9 Å². The van der Waals surface area contributed by atoms with E-state index in [4.69, 9.17) is 16.3 Å². The summed E-state index contributed by atoms with van der Waals surface area (Å²) in [6, 6.07) is 11.6. The monoisotopic (exact) mass is 600 g/mol. The number of halogens is 1. The zero-order valence-corrected chi connectivity index (χ0v) is 25.5. The van der Waals surface area contributed by atoms with Crippen LogP contribution in [0.4, 0.5) is 5.69 Å². The van der Waals surface area contributed by atoms with Gasteiger partial charge in [-0.1, -0.05) is 30.7 Å². The van der Waals surface area contributed by atoms with E-state index in [0.717, 1.165) is 49.4 Å². The third-order valence-electron chi connectivity index (χ3n) is 10.3. The molecular formula is C32H41ClN2O5S. The summed E-state index contributed by atoms with van der Waals surface area (Å²) in [4.78, 5) is 15.7. The van der Waals surface area contributed by atoms with Crippen molar-refractivity contribution in [3.8, 4) is 5.75 Å². The first-order chi connectivity index (χ1) is 19.6. The van der Waals surface area contributed by atoms with Gasteiger partial charge >= 0.3 is 0 Å². The fraction of sp³-hybridized carbons (Fsp3) is 0.594. The van der Waals surface area contributed by atoms with Crippen LogP contribution in [0, 0.1) is 17.8 Å². The van der Waals surface area contributed by atoms with Crippen molar-refractivity contribution in [2.75, 3.05) is 24.6 Å². The normalized spacial score (nSPS) is 33.6. The zero-order valence-electron chi connectivity index (χ0n) is 23.9. The minimum absolute atomic E-state index is 0.0378. The Morgan fingerprint density at radius 1 is 1.07 bits per heavy atom. The molecule has 0 radical (unpaired) electrons. The molecule has 2 bridgehead atoms. The number of fused-ring (bicyclic) bond motifs is 4. The van der Waals surface area contributed by atoms with E-state index in [1.807, 2.05) is 25.1 Å². The predicted molar refractivity (Wildman–Crippen MR) is 161 cm³/mol. The zero-order chi connectivity index (χ0) is 28.9. The van der Waals surface area contributed by atoms with Crippen LogP contribution in [0.15, 0.2) is 36.4 Å². The van der Waals surface area contributed by atoms with Crippen molar-refractivity contribution in [2.24, 2.45) is 17.8 Å². The van der Waals surface area contributed by atoms with E-state index >= 15 is 0 Å². The number of nitrogens with zero attached hydrogens (tertiary/aromatic N) is 1. The van der Waals surface area contributed by atoms with Gasteiger partial charge in [-0.05, 0) is 105 Å². The molecule has 2 aromatic carbocycles. The lowest BCUT2D eigenvalue weighted by molar-refractivity contribution is -0.127. The number of aliphatic hydroxyl groups excluding tert-OH is 1. The maximum atomic E-state index is 13.3. The number of sulfonamides is 1. The third-order valence-corrected chi connectivity index (χ3v) is 12.5. The van der Waals surface area contributed by atoms with E-state index in [-0.39, 0.29) is 23.2 Å². The lowest BCUT2D eigenvalue weighted by atomic mass is 9.68. The first kappa shape index (κ1) is 29.0. The molecule has 0 saturated heterocycles. The SMILES string of the molecule is C[C@@H]1[C@@H](C)CCCC(=O)[C@@H]2CC[C@H]2CN2C[C@@]3(CCCc4cc(Cl)ccc43)COc3ccc(cc32)C(O)NS1(=O)=O. The Morgan fingerprint density at radius 3 is 2.68 bits per heavy atom. The fourth-order valence-electron chi connectivity index (χ4n) is 7.45. The Morgan fingerprint density at radius 2 is 1.90 bits per heavy atom. The van der Waals surface area contributed by atoms with Crippen LogP contribution in [0.5, 0.6) is 5.75 Å². The molecule has 1 spiro atoms. The summed E-state index contributed by atoms with van der Waals surface area (Å²) in [6.45, 7) is 5.53. The van der Waals surface area contributed by atoms with Crippen molar-refractivity contribution >= 4 is 33.1 Å². The van der Waals surface area contributed by atoms with E-state index in [9.17, 15) is 18.3 Å². The summed E-state index contributed by atoms with van der Waals surface area (Å²) in [5, 5.41) is 11.1. The second kappa shape index (κ2) is 11.2. The van der Waals surface area contributed by atoms with E-state index in [2.05, 4.69) is 21.8 Å². The van der Waals surface area contributed by atoms with E-state index in [1.54, 1.807) is 13.0 Å². The predicted octanol–water partition coefficient (Wildman–Crippen LogP) is 5.53. The summed E-state index contributed by atoms with van der Waals surface area (Å²) < 4.78 is 35.4. The van der Waals surface area contributed by atoms with Gasteiger partial charge in [-0.15, -0.1) is 0 Å². The number of Topliss-reactive ketones (excluding diaryl/α,β-unsaturated/α-hetero) is 1. The van der Waals surface area contributed by atoms with Gasteiger partial charge in [0.1, 0.15) is 17.8 Å². The van der Waals surface area contributed by atoms with Crippen LogP contribution in [-0.2, 0) is 26.7 Å². The molecule has 2 aliphatic carbocycles. The van der Waals surface area contributed by atoms with Gasteiger partial charge in [-0.3, -0.25) is 4.79 Å². The lowest BCUT2D eigenvalue weighted by Crippen LogP contribution is -2.49. The Labute approximate surface area is 248 Å². The Balaban J connectivity index is 1.41. The number of carbonyl (C=O) groups is 1. The number of ketones is 1. The minimum Gasteiger partial charge on any atom is -0.490 e. The van der Waals surface area contributed by atoms with Crippen LogP contribution in [0.1, 0.15) is 81.7 Å². The molecule has 9 heteroatoms. The van der Waals surface area contributed by atoms with Crippen LogP contribution >= 0.6 is 11.6 Å². The van der Waals surface area contributed by atoms with Crippen LogP contribution in [0.2, 0.25) is 5.02 Å². The molecule has 1 saturated carbocycles.